The van der Waals surface area contributed by atoms with Crippen LogP contribution in [0.5, 0.6) is 0 Å². The van der Waals surface area contributed by atoms with Crippen molar-refractivity contribution in [2.24, 2.45) is 0 Å². The molecule has 0 saturated carbocycles. The highest BCUT2D eigenvalue weighted by Gasteiger charge is 2.39. The van der Waals surface area contributed by atoms with Crippen molar-refractivity contribution in [3.05, 3.63) is 29.8 Å². The number of benzene rings is 1. The van der Waals surface area contributed by atoms with Gasteiger partial charge in [0.25, 0.3) is 0 Å². The highest BCUT2D eigenvalue weighted by atomic mass is 16.5. The smallest absolute Gasteiger partial charge is 0.110 e. The van der Waals surface area contributed by atoms with E-state index in [9.17, 15) is 5.11 Å². The average Bonchev–Trinajstić information content (AvgIpc) is 2.68. The van der Waals surface area contributed by atoms with Crippen molar-refractivity contribution in [2.45, 2.75) is 25.0 Å². The van der Waals surface area contributed by atoms with E-state index in [0.29, 0.717) is 25.1 Å². The van der Waals surface area contributed by atoms with Gasteiger partial charge in [-0.05, 0) is 19.1 Å². The van der Waals surface area contributed by atoms with Crippen LogP contribution in [-0.4, -0.2) is 30.0 Å². The fourth-order valence-electron chi connectivity index (χ4n) is 1.99. The molecule has 1 aromatic rings. The van der Waals surface area contributed by atoms with Gasteiger partial charge in [-0.25, -0.2) is 0 Å². The summed E-state index contributed by atoms with van der Waals surface area (Å²) in [5, 5.41) is 22.4. The summed E-state index contributed by atoms with van der Waals surface area (Å²) >= 11 is 0. The highest BCUT2D eigenvalue weighted by Crippen LogP contribution is 2.26. The molecule has 4 heteroatoms. The molecule has 0 aliphatic carbocycles. The second kappa shape index (κ2) is 4.74. The van der Waals surface area contributed by atoms with Crippen LogP contribution in [0.15, 0.2) is 24.3 Å². The Kier molecular flexibility index (Phi) is 3.32. The minimum atomic E-state index is -0.845. The average molecular weight is 232 g/mol. The number of nitrogens with zero attached hydrogens (tertiary/aromatic N) is 1. The van der Waals surface area contributed by atoms with Crippen LogP contribution in [0.1, 0.15) is 18.9 Å². The van der Waals surface area contributed by atoms with E-state index in [1.165, 1.54) is 0 Å². The predicted molar refractivity (Wildman–Crippen MR) is 64.6 cm³/mol. The maximum atomic E-state index is 10.3. The number of nitrogens with one attached hydrogen (secondary N) is 1. The molecule has 1 aromatic carbocycles. The summed E-state index contributed by atoms with van der Waals surface area (Å²) in [5.74, 6) is 0. The van der Waals surface area contributed by atoms with Crippen molar-refractivity contribution in [2.75, 3.05) is 18.5 Å². The zero-order chi connectivity index (χ0) is 12.3. The monoisotopic (exact) mass is 232 g/mol. The SMILES string of the molecule is CC1OCCC1(O)CNc1ccccc1C#N. The third kappa shape index (κ3) is 2.41. The van der Waals surface area contributed by atoms with Crippen LogP contribution < -0.4 is 5.32 Å². The molecule has 1 aliphatic rings. The molecular formula is C13H16N2O2. The molecule has 2 N–H and O–H groups in total. The summed E-state index contributed by atoms with van der Waals surface area (Å²) in [5.41, 5.74) is 0.493. The number of nitriles is 1. The van der Waals surface area contributed by atoms with Crippen molar-refractivity contribution in [3.8, 4) is 6.07 Å². The lowest BCUT2D eigenvalue weighted by atomic mass is 9.96. The maximum absolute atomic E-state index is 10.3. The largest absolute Gasteiger partial charge is 0.385 e. The van der Waals surface area contributed by atoms with Gasteiger partial charge in [0, 0.05) is 19.6 Å². The van der Waals surface area contributed by atoms with Gasteiger partial charge in [0.2, 0.25) is 0 Å². The molecule has 0 aromatic heterocycles. The number of hydrogen-bond acceptors (Lipinski definition) is 4. The summed E-state index contributed by atoms with van der Waals surface area (Å²) < 4.78 is 5.36. The zero-order valence-electron chi connectivity index (χ0n) is 9.81. The highest BCUT2D eigenvalue weighted by molar-refractivity contribution is 5.57. The fraction of sp³-hybridized carbons (Fsp3) is 0.462. The normalized spacial score (nSPS) is 27.7. The molecule has 17 heavy (non-hydrogen) atoms. The summed E-state index contributed by atoms with van der Waals surface area (Å²) in [6.45, 7) is 2.84. The van der Waals surface area contributed by atoms with E-state index in [4.69, 9.17) is 10.00 Å². The first-order valence-corrected chi connectivity index (χ1v) is 5.73. The summed E-state index contributed by atoms with van der Waals surface area (Å²) in [4.78, 5) is 0. The standard InChI is InChI=1S/C13H16N2O2/c1-10-13(16,6-7-17-10)9-15-12-5-3-2-4-11(12)8-14/h2-5,10,15-16H,6-7,9H2,1H3. The Bertz CT molecular complexity index is 441. The number of aliphatic hydroxyl groups is 1. The van der Waals surface area contributed by atoms with Crippen LogP contribution in [-0.2, 0) is 4.74 Å². The van der Waals surface area contributed by atoms with Crippen LogP contribution in [0.4, 0.5) is 5.69 Å². The van der Waals surface area contributed by atoms with Crippen molar-refractivity contribution in [1.82, 2.24) is 0 Å². The van der Waals surface area contributed by atoms with Crippen LogP contribution in [0.3, 0.4) is 0 Å². The number of ether oxygens (including phenoxy) is 1. The molecule has 1 aliphatic heterocycles. The summed E-state index contributed by atoms with van der Waals surface area (Å²) in [6, 6.07) is 9.39. The first-order chi connectivity index (χ1) is 8.15. The van der Waals surface area contributed by atoms with Gasteiger partial charge in [0.05, 0.1) is 17.4 Å². The first kappa shape index (κ1) is 11.9. The van der Waals surface area contributed by atoms with E-state index in [0.717, 1.165) is 5.69 Å². The Morgan fingerprint density at radius 1 is 1.59 bits per heavy atom. The van der Waals surface area contributed by atoms with Gasteiger partial charge in [-0.15, -0.1) is 0 Å². The lowest BCUT2D eigenvalue weighted by Crippen LogP contribution is -2.43. The van der Waals surface area contributed by atoms with E-state index >= 15 is 0 Å². The van der Waals surface area contributed by atoms with Crippen molar-refractivity contribution < 1.29 is 9.84 Å². The minimum absolute atomic E-state index is 0.177. The molecule has 0 bridgehead atoms. The minimum Gasteiger partial charge on any atom is -0.385 e. The second-order valence-corrected chi connectivity index (χ2v) is 4.38. The van der Waals surface area contributed by atoms with Gasteiger partial charge in [-0.2, -0.15) is 5.26 Å². The lowest BCUT2D eigenvalue weighted by molar-refractivity contribution is -0.0175. The van der Waals surface area contributed by atoms with Gasteiger partial charge < -0.3 is 15.2 Å². The lowest BCUT2D eigenvalue weighted by Gasteiger charge is -2.26. The second-order valence-electron chi connectivity index (χ2n) is 4.38. The first-order valence-electron chi connectivity index (χ1n) is 5.73. The molecule has 2 rings (SSSR count). The van der Waals surface area contributed by atoms with Crippen molar-refractivity contribution >= 4 is 5.69 Å². The van der Waals surface area contributed by atoms with Crippen LogP contribution >= 0.6 is 0 Å². The molecular weight excluding hydrogens is 216 g/mol. The zero-order valence-corrected chi connectivity index (χ0v) is 9.81. The summed E-state index contributed by atoms with van der Waals surface area (Å²) in [6.07, 6.45) is 0.444. The van der Waals surface area contributed by atoms with E-state index in [1.807, 2.05) is 25.1 Å². The Hall–Kier alpha value is -1.57. The quantitative estimate of drug-likeness (QED) is 0.829. The van der Waals surface area contributed by atoms with Gasteiger partial charge in [-0.1, -0.05) is 12.1 Å². The number of hydrogen-bond donors (Lipinski definition) is 2. The van der Waals surface area contributed by atoms with Crippen molar-refractivity contribution in [1.29, 1.82) is 5.26 Å². The number of rotatable bonds is 3. The van der Waals surface area contributed by atoms with E-state index < -0.39 is 5.60 Å². The number of anilines is 1. The van der Waals surface area contributed by atoms with Gasteiger partial charge in [0.15, 0.2) is 0 Å². The van der Waals surface area contributed by atoms with E-state index in [-0.39, 0.29) is 6.10 Å². The van der Waals surface area contributed by atoms with Gasteiger partial charge in [0.1, 0.15) is 11.7 Å². The Morgan fingerprint density at radius 3 is 3.00 bits per heavy atom. The van der Waals surface area contributed by atoms with E-state index in [1.54, 1.807) is 6.07 Å². The molecule has 0 spiro atoms. The molecule has 0 amide bonds. The Balaban J connectivity index is 2.05. The molecule has 1 fully saturated rings. The summed E-state index contributed by atoms with van der Waals surface area (Å²) in [7, 11) is 0. The molecule has 1 saturated heterocycles. The third-order valence-corrected chi connectivity index (χ3v) is 3.29. The Labute approximate surface area is 101 Å². The van der Waals surface area contributed by atoms with Crippen LogP contribution in [0.25, 0.3) is 0 Å². The molecule has 2 unspecified atom stereocenters. The molecule has 2 atom stereocenters. The van der Waals surface area contributed by atoms with E-state index in [2.05, 4.69) is 11.4 Å². The van der Waals surface area contributed by atoms with Crippen molar-refractivity contribution in [3.63, 3.8) is 0 Å². The van der Waals surface area contributed by atoms with Gasteiger partial charge in [-0.3, -0.25) is 0 Å². The molecule has 1 heterocycles. The maximum Gasteiger partial charge on any atom is 0.110 e. The molecule has 0 radical (unpaired) electrons. The Morgan fingerprint density at radius 2 is 2.35 bits per heavy atom. The fourth-order valence-corrected chi connectivity index (χ4v) is 1.99. The number of para-hydroxylation sites is 1. The molecule has 4 nitrogen and oxygen atoms in total. The van der Waals surface area contributed by atoms with Gasteiger partial charge >= 0.3 is 0 Å². The van der Waals surface area contributed by atoms with Crippen LogP contribution in [0.2, 0.25) is 0 Å². The predicted octanol–water partition coefficient (Wildman–Crippen LogP) is 1.51. The topological polar surface area (TPSA) is 65.3 Å². The third-order valence-electron chi connectivity index (χ3n) is 3.29. The molecule has 90 valence electrons. The van der Waals surface area contributed by atoms with Crippen LogP contribution in [0, 0.1) is 11.3 Å².